The Balaban J connectivity index is 1.94. The molecule has 0 fully saturated rings. The molecule has 3 aromatic rings. The predicted molar refractivity (Wildman–Crippen MR) is 111 cm³/mol. The highest BCUT2D eigenvalue weighted by atomic mass is 32.1. The molecule has 1 N–H and O–H groups in total. The Kier molecular flexibility index (Phi) is 6.10. The van der Waals surface area contributed by atoms with E-state index < -0.39 is 0 Å². The van der Waals surface area contributed by atoms with E-state index >= 15 is 0 Å². The van der Waals surface area contributed by atoms with Crippen LogP contribution in [-0.2, 0) is 0 Å². The number of methoxy groups -OCH3 is 2. The summed E-state index contributed by atoms with van der Waals surface area (Å²) in [7, 11) is 3.19. The van der Waals surface area contributed by atoms with Crippen molar-refractivity contribution in [1.29, 1.82) is 0 Å². The van der Waals surface area contributed by atoms with Gasteiger partial charge in [-0.25, -0.2) is 5.10 Å². The van der Waals surface area contributed by atoms with Gasteiger partial charge < -0.3 is 14.2 Å². The quantitative estimate of drug-likeness (QED) is 0.475. The smallest absolute Gasteiger partial charge is 0.216 e. The first-order valence-electron chi connectivity index (χ1n) is 8.72. The normalized spacial score (nSPS) is 11.2. The Morgan fingerprint density at radius 2 is 1.89 bits per heavy atom. The second kappa shape index (κ2) is 8.71. The Bertz CT molecular complexity index is 1040. The second-order valence-electron chi connectivity index (χ2n) is 6.22. The lowest BCUT2D eigenvalue weighted by molar-refractivity contribution is 0.242. The van der Waals surface area contributed by atoms with E-state index in [2.05, 4.69) is 15.3 Å². The van der Waals surface area contributed by atoms with Crippen molar-refractivity contribution in [2.45, 2.75) is 20.0 Å². The maximum absolute atomic E-state index is 5.76. The molecular formula is C20H22N4O3S. The molecule has 0 spiro atoms. The maximum Gasteiger partial charge on any atom is 0.216 e. The Hall–Kier alpha value is -3.13. The van der Waals surface area contributed by atoms with Crippen LogP contribution in [0.2, 0.25) is 0 Å². The number of nitrogens with one attached hydrogen (secondary N) is 1. The zero-order chi connectivity index (χ0) is 20.1. The summed E-state index contributed by atoms with van der Waals surface area (Å²) >= 11 is 5.33. The highest BCUT2D eigenvalue weighted by Crippen LogP contribution is 2.27. The molecule has 7 nitrogen and oxygen atoms in total. The molecule has 1 heterocycles. The fraction of sp³-hybridized carbons (Fsp3) is 0.250. The molecule has 2 aromatic carbocycles. The zero-order valence-electron chi connectivity index (χ0n) is 16.2. The van der Waals surface area contributed by atoms with E-state index in [0.29, 0.717) is 22.1 Å². The molecule has 146 valence electrons. The van der Waals surface area contributed by atoms with Crippen LogP contribution in [0.15, 0.2) is 47.6 Å². The van der Waals surface area contributed by atoms with Gasteiger partial charge in [0.25, 0.3) is 0 Å². The molecular weight excluding hydrogens is 376 g/mol. The number of hydrogen-bond donors (Lipinski definition) is 1. The summed E-state index contributed by atoms with van der Waals surface area (Å²) in [5.74, 6) is 2.64. The third kappa shape index (κ3) is 4.40. The van der Waals surface area contributed by atoms with Gasteiger partial charge in [0.1, 0.15) is 5.75 Å². The van der Waals surface area contributed by atoms with Gasteiger partial charge in [-0.15, -0.1) is 0 Å². The molecule has 1 aromatic heterocycles. The molecule has 0 bridgehead atoms. The van der Waals surface area contributed by atoms with E-state index in [1.54, 1.807) is 25.1 Å². The molecule has 0 atom stereocenters. The topological polar surface area (TPSA) is 73.7 Å². The largest absolute Gasteiger partial charge is 0.493 e. The molecule has 0 saturated heterocycles. The Morgan fingerprint density at radius 3 is 2.61 bits per heavy atom. The van der Waals surface area contributed by atoms with Crippen LogP contribution in [0.3, 0.4) is 0 Å². The van der Waals surface area contributed by atoms with Gasteiger partial charge in [-0.1, -0.05) is 12.1 Å². The standard InChI is InChI=1S/C20H22N4O3S/c1-13(2)27-16-7-5-6-15(11-16)19-22-23-20(28)24(19)21-12-14-8-9-17(25-3)18(10-14)26-4/h5-13H,1-4H3,(H,23,28). The highest BCUT2D eigenvalue weighted by Gasteiger charge is 2.10. The van der Waals surface area contributed by atoms with Crippen molar-refractivity contribution in [3.63, 3.8) is 0 Å². The minimum atomic E-state index is 0.0825. The summed E-state index contributed by atoms with van der Waals surface area (Å²) in [4.78, 5) is 0. The van der Waals surface area contributed by atoms with Gasteiger partial charge in [0.15, 0.2) is 17.3 Å². The fourth-order valence-electron chi connectivity index (χ4n) is 2.62. The number of rotatable bonds is 7. The van der Waals surface area contributed by atoms with Crippen LogP contribution < -0.4 is 14.2 Å². The zero-order valence-corrected chi connectivity index (χ0v) is 17.0. The van der Waals surface area contributed by atoms with Crippen molar-refractivity contribution in [2.75, 3.05) is 14.2 Å². The minimum absolute atomic E-state index is 0.0825. The lowest BCUT2D eigenvalue weighted by Crippen LogP contribution is -2.05. The molecule has 0 unspecified atom stereocenters. The number of nitrogens with zero attached hydrogens (tertiary/aromatic N) is 3. The van der Waals surface area contributed by atoms with Crippen LogP contribution in [0.25, 0.3) is 11.4 Å². The number of aromatic nitrogens is 3. The molecule has 0 aliphatic heterocycles. The van der Waals surface area contributed by atoms with E-state index in [9.17, 15) is 0 Å². The SMILES string of the molecule is COc1ccc(C=Nn2c(-c3cccc(OC(C)C)c3)n[nH]c2=S)cc1OC. The summed E-state index contributed by atoms with van der Waals surface area (Å²) in [6.07, 6.45) is 1.77. The summed E-state index contributed by atoms with van der Waals surface area (Å²) < 4.78 is 18.3. The van der Waals surface area contributed by atoms with E-state index in [1.165, 1.54) is 0 Å². The molecule has 0 amide bonds. The van der Waals surface area contributed by atoms with E-state index in [-0.39, 0.29) is 6.10 Å². The monoisotopic (exact) mass is 398 g/mol. The van der Waals surface area contributed by atoms with Crippen molar-refractivity contribution < 1.29 is 14.2 Å². The minimum Gasteiger partial charge on any atom is -0.493 e. The molecule has 0 aliphatic carbocycles. The van der Waals surface area contributed by atoms with Crippen LogP contribution in [-0.4, -0.2) is 41.4 Å². The molecule has 28 heavy (non-hydrogen) atoms. The number of H-pyrrole nitrogens is 1. The molecule has 8 heteroatoms. The lowest BCUT2D eigenvalue weighted by Gasteiger charge is -2.10. The van der Waals surface area contributed by atoms with E-state index in [1.807, 2.05) is 56.3 Å². The molecule has 0 saturated carbocycles. The van der Waals surface area contributed by atoms with Crippen LogP contribution in [0.4, 0.5) is 0 Å². The first-order valence-corrected chi connectivity index (χ1v) is 9.13. The van der Waals surface area contributed by atoms with Crippen molar-refractivity contribution in [3.05, 3.63) is 52.8 Å². The summed E-state index contributed by atoms with van der Waals surface area (Å²) in [5.41, 5.74) is 1.68. The van der Waals surface area contributed by atoms with Crippen molar-refractivity contribution in [2.24, 2.45) is 5.10 Å². The Labute approximate surface area is 168 Å². The van der Waals surface area contributed by atoms with Crippen LogP contribution in [0.5, 0.6) is 17.2 Å². The second-order valence-corrected chi connectivity index (χ2v) is 6.60. The van der Waals surface area contributed by atoms with Crippen molar-refractivity contribution in [3.8, 4) is 28.6 Å². The Morgan fingerprint density at radius 1 is 1.11 bits per heavy atom. The number of hydrogen-bond acceptors (Lipinski definition) is 6. The van der Waals surface area contributed by atoms with Crippen LogP contribution in [0, 0.1) is 4.77 Å². The summed E-state index contributed by atoms with van der Waals surface area (Å²) in [5, 5.41) is 11.6. The average molecular weight is 398 g/mol. The summed E-state index contributed by atoms with van der Waals surface area (Å²) in [6, 6.07) is 13.2. The molecule has 0 radical (unpaired) electrons. The van der Waals surface area contributed by atoms with Gasteiger partial charge >= 0.3 is 0 Å². The predicted octanol–water partition coefficient (Wildman–Crippen LogP) is 4.29. The highest BCUT2D eigenvalue weighted by molar-refractivity contribution is 7.71. The third-order valence-corrected chi connectivity index (χ3v) is 4.11. The van der Waals surface area contributed by atoms with Gasteiger partial charge in [0.05, 0.1) is 26.5 Å². The van der Waals surface area contributed by atoms with E-state index in [4.69, 9.17) is 26.4 Å². The van der Waals surface area contributed by atoms with Gasteiger partial charge in [0, 0.05) is 5.56 Å². The van der Waals surface area contributed by atoms with Gasteiger partial charge in [0.2, 0.25) is 4.77 Å². The van der Waals surface area contributed by atoms with Gasteiger partial charge in [-0.05, 0) is 62.0 Å². The molecule has 0 aliphatic rings. The molecule has 3 rings (SSSR count). The average Bonchev–Trinajstić information content (AvgIpc) is 3.06. The van der Waals surface area contributed by atoms with E-state index in [0.717, 1.165) is 16.9 Å². The third-order valence-electron chi connectivity index (χ3n) is 3.84. The number of benzene rings is 2. The van der Waals surface area contributed by atoms with Gasteiger partial charge in [-0.3, -0.25) is 0 Å². The number of ether oxygens (including phenoxy) is 3. The van der Waals surface area contributed by atoms with Gasteiger partial charge in [-0.2, -0.15) is 14.9 Å². The van der Waals surface area contributed by atoms with Crippen LogP contribution in [0.1, 0.15) is 19.4 Å². The first-order chi connectivity index (χ1) is 13.5. The van der Waals surface area contributed by atoms with Crippen LogP contribution >= 0.6 is 12.2 Å². The maximum atomic E-state index is 5.76. The summed E-state index contributed by atoms with van der Waals surface area (Å²) in [6.45, 7) is 3.96. The lowest BCUT2D eigenvalue weighted by atomic mass is 10.2. The van der Waals surface area contributed by atoms with Crippen molar-refractivity contribution in [1.82, 2.24) is 14.9 Å². The van der Waals surface area contributed by atoms with Crippen molar-refractivity contribution >= 4 is 18.4 Å². The first kappa shape index (κ1) is 19.6. The number of aromatic amines is 1. The fourth-order valence-corrected chi connectivity index (χ4v) is 2.80.